The average Bonchev–Trinajstić information content (AvgIpc) is 2.27. The molecule has 0 aliphatic heterocycles. The molecule has 0 aliphatic rings. The third-order valence-corrected chi connectivity index (χ3v) is 2.34. The molecule has 7 heteroatoms. The van der Waals surface area contributed by atoms with Gasteiger partial charge >= 0.3 is 0 Å². The van der Waals surface area contributed by atoms with E-state index in [1.165, 1.54) is 18.5 Å². The zero-order chi connectivity index (χ0) is 14.6. The minimum atomic E-state index is -0.647. The summed E-state index contributed by atoms with van der Waals surface area (Å²) in [7, 11) is 0. The van der Waals surface area contributed by atoms with Crippen LogP contribution in [-0.4, -0.2) is 28.4 Å². The highest BCUT2D eigenvalue weighted by molar-refractivity contribution is 6.01. The molecular weight excluding hydrogens is 280 g/mol. The first kappa shape index (κ1) is 18.2. The summed E-state index contributed by atoms with van der Waals surface area (Å²) in [4.78, 5) is 27.6. The monoisotopic (exact) mass is 300 g/mol. The number of hydrogen-bond acceptors (Lipinski definition) is 4. The van der Waals surface area contributed by atoms with Crippen LogP contribution >= 0.6 is 12.4 Å². The molecule has 0 saturated heterocycles. The molecule has 112 valence electrons. The van der Waals surface area contributed by atoms with Gasteiger partial charge in [-0.1, -0.05) is 0 Å². The number of pyridine rings is 1. The second-order valence-electron chi connectivity index (χ2n) is 5.40. The fraction of sp³-hybridized carbons (Fsp3) is 0.462. The Hall–Kier alpha value is -1.82. The minimum Gasteiger partial charge on any atom is -0.398 e. The molecule has 0 fully saturated rings. The molecule has 1 aromatic heterocycles. The SMILES string of the molecule is CC(NC(=O)c1cnccc1N)C(=O)NC(C)(C)C.Cl. The molecule has 1 atom stereocenters. The number of amides is 2. The standard InChI is InChI=1S/C13H20N4O2.ClH/c1-8(11(18)17-13(2,3)4)16-12(19)9-7-15-6-5-10(9)14;/h5-8H,1-4H3,(H2,14,15)(H,16,19)(H,17,18);1H. The molecule has 0 radical (unpaired) electrons. The number of rotatable bonds is 3. The van der Waals surface area contributed by atoms with Gasteiger partial charge in [-0.3, -0.25) is 14.6 Å². The summed E-state index contributed by atoms with van der Waals surface area (Å²) in [6.07, 6.45) is 2.88. The van der Waals surface area contributed by atoms with Crippen LogP contribution in [0.1, 0.15) is 38.1 Å². The normalized spacial score (nSPS) is 12.0. The third kappa shape index (κ3) is 5.44. The predicted molar refractivity (Wildman–Crippen MR) is 80.7 cm³/mol. The molecule has 4 N–H and O–H groups in total. The minimum absolute atomic E-state index is 0. The molecule has 20 heavy (non-hydrogen) atoms. The number of halogens is 1. The summed E-state index contributed by atoms with van der Waals surface area (Å²) in [5, 5.41) is 5.38. The van der Waals surface area contributed by atoms with Crippen LogP contribution in [0.25, 0.3) is 0 Å². The first-order chi connectivity index (χ1) is 8.70. The fourth-order valence-electron chi connectivity index (χ4n) is 1.41. The van der Waals surface area contributed by atoms with E-state index < -0.39 is 11.9 Å². The Morgan fingerprint density at radius 2 is 1.95 bits per heavy atom. The maximum absolute atomic E-state index is 11.9. The Bertz CT molecular complexity index is 486. The number of nitrogens with two attached hydrogens (primary N) is 1. The zero-order valence-corrected chi connectivity index (χ0v) is 12.9. The van der Waals surface area contributed by atoms with Crippen molar-refractivity contribution in [2.24, 2.45) is 0 Å². The number of hydrogen-bond donors (Lipinski definition) is 3. The Kier molecular flexibility index (Phi) is 6.45. The highest BCUT2D eigenvalue weighted by Gasteiger charge is 2.21. The van der Waals surface area contributed by atoms with Gasteiger partial charge in [0.05, 0.1) is 5.56 Å². The van der Waals surface area contributed by atoms with Gasteiger partial charge in [-0.25, -0.2) is 0 Å². The maximum atomic E-state index is 11.9. The van der Waals surface area contributed by atoms with Crippen LogP contribution in [0.2, 0.25) is 0 Å². The Balaban J connectivity index is 0.00000361. The highest BCUT2D eigenvalue weighted by Crippen LogP contribution is 2.08. The fourth-order valence-corrected chi connectivity index (χ4v) is 1.41. The van der Waals surface area contributed by atoms with Crippen molar-refractivity contribution in [3.63, 3.8) is 0 Å². The van der Waals surface area contributed by atoms with Crippen LogP contribution in [0, 0.1) is 0 Å². The predicted octanol–water partition coefficient (Wildman–Crippen LogP) is 1.12. The molecule has 0 bridgehead atoms. The molecule has 1 unspecified atom stereocenters. The van der Waals surface area contributed by atoms with E-state index >= 15 is 0 Å². The van der Waals surface area contributed by atoms with Crippen molar-refractivity contribution in [3.05, 3.63) is 24.0 Å². The molecular formula is C13H21ClN4O2. The Labute approximate surface area is 124 Å². The van der Waals surface area contributed by atoms with E-state index in [0.29, 0.717) is 5.69 Å². The van der Waals surface area contributed by atoms with Gasteiger partial charge in [0.2, 0.25) is 5.91 Å². The lowest BCUT2D eigenvalue weighted by molar-refractivity contribution is -0.124. The van der Waals surface area contributed by atoms with Gasteiger partial charge < -0.3 is 16.4 Å². The van der Waals surface area contributed by atoms with Crippen LogP contribution < -0.4 is 16.4 Å². The molecule has 1 rings (SSSR count). The average molecular weight is 301 g/mol. The van der Waals surface area contributed by atoms with Crippen LogP contribution in [0.15, 0.2) is 18.5 Å². The van der Waals surface area contributed by atoms with Crippen molar-refractivity contribution in [3.8, 4) is 0 Å². The van der Waals surface area contributed by atoms with Gasteiger partial charge in [-0.2, -0.15) is 0 Å². The molecule has 2 amide bonds. The van der Waals surface area contributed by atoms with Gasteiger partial charge in [-0.15, -0.1) is 12.4 Å². The lowest BCUT2D eigenvalue weighted by atomic mass is 10.1. The molecule has 0 aromatic carbocycles. The second-order valence-corrected chi connectivity index (χ2v) is 5.40. The van der Waals surface area contributed by atoms with Crippen molar-refractivity contribution >= 4 is 29.9 Å². The maximum Gasteiger partial charge on any atom is 0.255 e. The van der Waals surface area contributed by atoms with Crippen molar-refractivity contribution in [1.29, 1.82) is 0 Å². The topological polar surface area (TPSA) is 97.1 Å². The van der Waals surface area contributed by atoms with E-state index in [2.05, 4.69) is 15.6 Å². The lowest BCUT2D eigenvalue weighted by Crippen LogP contribution is -2.50. The molecule has 1 aromatic rings. The summed E-state index contributed by atoms with van der Waals surface area (Å²) < 4.78 is 0. The molecule has 0 aliphatic carbocycles. The summed E-state index contributed by atoms with van der Waals surface area (Å²) in [6.45, 7) is 7.24. The summed E-state index contributed by atoms with van der Waals surface area (Å²) in [5.41, 5.74) is 5.92. The third-order valence-electron chi connectivity index (χ3n) is 2.34. The zero-order valence-electron chi connectivity index (χ0n) is 12.1. The molecule has 1 heterocycles. The van der Waals surface area contributed by atoms with Crippen molar-refractivity contribution < 1.29 is 9.59 Å². The quantitative estimate of drug-likeness (QED) is 0.779. The van der Waals surface area contributed by atoms with E-state index in [4.69, 9.17) is 5.73 Å². The molecule has 6 nitrogen and oxygen atoms in total. The smallest absolute Gasteiger partial charge is 0.255 e. The second kappa shape index (κ2) is 7.09. The van der Waals surface area contributed by atoms with Gasteiger partial charge in [0.1, 0.15) is 6.04 Å². The summed E-state index contributed by atoms with van der Waals surface area (Å²) >= 11 is 0. The summed E-state index contributed by atoms with van der Waals surface area (Å²) in [5.74, 6) is -0.662. The first-order valence-corrected chi connectivity index (χ1v) is 6.03. The van der Waals surface area contributed by atoms with Crippen molar-refractivity contribution in [2.45, 2.75) is 39.3 Å². The van der Waals surface area contributed by atoms with E-state index in [1.54, 1.807) is 6.92 Å². The Morgan fingerprint density at radius 3 is 2.45 bits per heavy atom. The number of carbonyl (C=O) groups is 2. The van der Waals surface area contributed by atoms with Crippen LogP contribution in [0.3, 0.4) is 0 Å². The van der Waals surface area contributed by atoms with Gasteiger partial charge in [0.15, 0.2) is 0 Å². The number of nitrogens with zero attached hydrogens (tertiary/aromatic N) is 1. The first-order valence-electron chi connectivity index (χ1n) is 6.03. The number of nitrogens with one attached hydrogen (secondary N) is 2. The van der Waals surface area contributed by atoms with Crippen LogP contribution in [0.5, 0.6) is 0 Å². The number of nitrogen functional groups attached to an aromatic ring is 1. The van der Waals surface area contributed by atoms with E-state index in [9.17, 15) is 9.59 Å². The summed E-state index contributed by atoms with van der Waals surface area (Å²) in [6, 6.07) is 0.890. The van der Waals surface area contributed by atoms with Gasteiger partial charge in [0.25, 0.3) is 5.91 Å². The largest absolute Gasteiger partial charge is 0.398 e. The van der Waals surface area contributed by atoms with E-state index in [-0.39, 0.29) is 29.4 Å². The van der Waals surface area contributed by atoms with Crippen molar-refractivity contribution in [2.75, 3.05) is 5.73 Å². The van der Waals surface area contributed by atoms with E-state index in [0.717, 1.165) is 0 Å². The van der Waals surface area contributed by atoms with Gasteiger partial charge in [0, 0.05) is 23.6 Å². The number of carbonyl (C=O) groups excluding carboxylic acids is 2. The van der Waals surface area contributed by atoms with Crippen LogP contribution in [-0.2, 0) is 4.79 Å². The van der Waals surface area contributed by atoms with Gasteiger partial charge in [-0.05, 0) is 33.8 Å². The highest BCUT2D eigenvalue weighted by atomic mass is 35.5. The van der Waals surface area contributed by atoms with Crippen LogP contribution in [0.4, 0.5) is 5.69 Å². The van der Waals surface area contributed by atoms with E-state index in [1.807, 2.05) is 20.8 Å². The number of aromatic nitrogens is 1. The van der Waals surface area contributed by atoms with Crippen molar-refractivity contribution in [1.82, 2.24) is 15.6 Å². The number of anilines is 1. The molecule has 0 saturated carbocycles. The lowest BCUT2D eigenvalue weighted by Gasteiger charge is -2.23. The molecule has 0 spiro atoms. The Morgan fingerprint density at radius 1 is 1.35 bits per heavy atom.